The highest BCUT2D eigenvalue weighted by atomic mass is 16.5. The first-order valence-electron chi connectivity index (χ1n) is 7.40. The van der Waals surface area contributed by atoms with Crippen LogP contribution in [0.25, 0.3) is 0 Å². The van der Waals surface area contributed by atoms with E-state index in [1.165, 1.54) is 0 Å². The van der Waals surface area contributed by atoms with Gasteiger partial charge in [-0.2, -0.15) is 0 Å². The second-order valence-corrected chi connectivity index (χ2v) is 5.22. The van der Waals surface area contributed by atoms with Gasteiger partial charge in [-0.15, -0.1) is 0 Å². The molecule has 0 aliphatic carbocycles. The molecule has 3 N–H and O–H groups in total. The van der Waals surface area contributed by atoms with E-state index in [1.54, 1.807) is 0 Å². The van der Waals surface area contributed by atoms with E-state index in [-0.39, 0.29) is 11.6 Å². The molecule has 0 saturated carbocycles. The zero-order valence-corrected chi connectivity index (χ0v) is 12.2. The molecule has 1 aliphatic heterocycles. The van der Waals surface area contributed by atoms with E-state index in [2.05, 4.69) is 26.2 Å². The van der Waals surface area contributed by atoms with Crippen LogP contribution < -0.4 is 11.3 Å². The van der Waals surface area contributed by atoms with Gasteiger partial charge in [0.1, 0.15) is 0 Å². The van der Waals surface area contributed by atoms with E-state index in [0.717, 1.165) is 51.9 Å². The van der Waals surface area contributed by atoms with Crippen LogP contribution in [0.3, 0.4) is 0 Å². The first-order valence-corrected chi connectivity index (χ1v) is 7.40. The van der Waals surface area contributed by atoms with Crippen LogP contribution in [0.4, 0.5) is 0 Å². The Kier molecular flexibility index (Phi) is 7.15. The second kappa shape index (κ2) is 8.10. The highest BCUT2D eigenvalue weighted by Crippen LogP contribution is 2.31. The van der Waals surface area contributed by atoms with Gasteiger partial charge in [0.2, 0.25) is 0 Å². The summed E-state index contributed by atoms with van der Waals surface area (Å²) in [6.45, 7) is 8.96. The summed E-state index contributed by atoms with van der Waals surface area (Å²) >= 11 is 0. The summed E-state index contributed by atoms with van der Waals surface area (Å²) in [7, 11) is 0. The van der Waals surface area contributed by atoms with Crippen LogP contribution in [-0.2, 0) is 9.47 Å². The van der Waals surface area contributed by atoms with Crippen molar-refractivity contribution in [2.45, 2.75) is 64.5 Å². The molecule has 18 heavy (non-hydrogen) atoms. The average Bonchev–Trinajstić information content (AvgIpc) is 2.44. The van der Waals surface area contributed by atoms with Crippen LogP contribution in [0.1, 0.15) is 52.9 Å². The van der Waals surface area contributed by atoms with Gasteiger partial charge in [0, 0.05) is 19.8 Å². The van der Waals surface area contributed by atoms with E-state index in [9.17, 15) is 0 Å². The third-order valence-electron chi connectivity index (χ3n) is 4.37. The minimum Gasteiger partial charge on any atom is -0.381 e. The lowest BCUT2D eigenvalue weighted by molar-refractivity contribution is -0.0799. The van der Waals surface area contributed by atoms with Crippen LogP contribution >= 0.6 is 0 Å². The molecule has 0 aromatic carbocycles. The molecule has 0 spiro atoms. The van der Waals surface area contributed by atoms with Crippen molar-refractivity contribution >= 4 is 0 Å². The largest absolute Gasteiger partial charge is 0.381 e. The van der Waals surface area contributed by atoms with Crippen molar-refractivity contribution in [3.8, 4) is 0 Å². The maximum atomic E-state index is 6.05. The smallest absolute Gasteiger partial charge is 0.0842 e. The van der Waals surface area contributed by atoms with Crippen LogP contribution in [0.5, 0.6) is 0 Å². The predicted octanol–water partition coefficient (Wildman–Crippen LogP) is 2.23. The molecule has 1 aliphatic rings. The normalized spacial score (nSPS) is 20.0. The van der Waals surface area contributed by atoms with Gasteiger partial charge in [0.15, 0.2) is 0 Å². The average molecular weight is 258 g/mol. The molecule has 1 atom stereocenters. The minimum atomic E-state index is -0.123. The van der Waals surface area contributed by atoms with E-state index < -0.39 is 0 Å². The zero-order valence-electron chi connectivity index (χ0n) is 12.2. The second-order valence-electron chi connectivity index (χ2n) is 5.22. The summed E-state index contributed by atoms with van der Waals surface area (Å²) in [5.74, 6) is 6.50. The Labute approximate surface area is 112 Å². The van der Waals surface area contributed by atoms with Crippen LogP contribution in [-0.4, -0.2) is 31.5 Å². The molecule has 0 radical (unpaired) electrons. The quantitative estimate of drug-likeness (QED) is 0.518. The molecule has 4 heteroatoms. The van der Waals surface area contributed by atoms with Gasteiger partial charge >= 0.3 is 0 Å². The van der Waals surface area contributed by atoms with Gasteiger partial charge in [-0.05, 0) is 44.9 Å². The van der Waals surface area contributed by atoms with E-state index >= 15 is 0 Å². The monoisotopic (exact) mass is 258 g/mol. The summed E-state index contributed by atoms with van der Waals surface area (Å²) in [6, 6.07) is 0.232. The molecule has 108 valence electrons. The first-order chi connectivity index (χ1) is 8.72. The Morgan fingerprint density at radius 3 is 2.33 bits per heavy atom. The molecular weight excluding hydrogens is 228 g/mol. The van der Waals surface area contributed by atoms with Crippen molar-refractivity contribution < 1.29 is 9.47 Å². The minimum absolute atomic E-state index is 0.123. The van der Waals surface area contributed by atoms with Crippen molar-refractivity contribution in [1.82, 2.24) is 5.43 Å². The summed E-state index contributed by atoms with van der Waals surface area (Å²) in [5.41, 5.74) is 2.89. The SMILES string of the molecule is CCOC(CC)(CC)C(CC1CCOCC1)NN. The Morgan fingerprint density at radius 1 is 1.28 bits per heavy atom. The Balaban J connectivity index is 2.65. The first kappa shape index (κ1) is 15.9. The lowest BCUT2D eigenvalue weighted by atomic mass is 9.81. The fraction of sp³-hybridized carbons (Fsp3) is 1.00. The maximum Gasteiger partial charge on any atom is 0.0842 e. The Hall–Kier alpha value is -0.160. The Morgan fingerprint density at radius 2 is 1.89 bits per heavy atom. The van der Waals surface area contributed by atoms with Crippen molar-refractivity contribution in [2.75, 3.05) is 19.8 Å². The van der Waals surface area contributed by atoms with Crippen LogP contribution in [0.15, 0.2) is 0 Å². The summed E-state index contributed by atoms with van der Waals surface area (Å²) in [4.78, 5) is 0. The van der Waals surface area contributed by atoms with Gasteiger partial charge in [-0.3, -0.25) is 11.3 Å². The third kappa shape index (κ3) is 3.92. The highest BCUT2D eigenvalue weighted by Gasteiger charge is 2.37. The summed E-state index contributed by atoms with van der Waals surface area (Å²) in [6.07, 6.45) is 5.37. The molecule has 1 saturated heterocycles. The molecule has 0 aromatic heterocycles. The van der Waals surface area contributed by atoms with Gasteiger partial charge in [0.25, 0.3) is 0 Å². The maximum absolute atomic E-state index is 6.05. The number of nitrogens with two attached hydrogens (primary N) is 1. The lowest BCUT2D eigenvalue weighted by Crippen LogP contribution is -2.55. The van der Waals surface area contributed by atoms with Crippen molar-refractivity contribution in [2.24, 2.45) is 11.8 Å². The molecular formula is C14H30N2O2. The molecule has 1 unspecified atom stereocenters. The lowest BCUT2D eigenvalue weighted by Gasteiger charge is -2.41. The molecule has 4 nitrogen and oxygen atoms in total. The van der Waals surface area contributed by atoms with Crippen molar-refractivity contribution in [1.29, 1.82) is 0 Å². The number of hydrazine groups is 1. The standard InChI is InChI=1S/C14H30N2O2/c1-4-14(5-2,18-6-3)13(16-15)11-12-7-9-17-10-8-12/h12-13,16H,4-11,15H2,1-3H3. The fourth-order valence-corrected chi connectivity index (χ4v) is 3.09. The van der Waals surface area contributed by atoms with Gasteiger partial charge < -0.3 is 9.47 Å². The topological polar surface area (TPSA) is 56.5 Å². The molecule has 1 heterocycles. The van der Waals surface area contributed by atoms with E-state index in [1.807, 2.05) is 0 Å². The van der Waals surface area contributed by atoms with E-state index in [4.69, 9.17) is 15.3 Å². The van der Waals surface area contributed by atoms with Gasteiger partial charge in [-0.25, -0.2) is 0 Å². The molecule has 0 aromatic rings. The number of nitrogens with one attached hydrogen (secondary N) is 1. The summed E-state index contributed by atoms with van der Waals surface area (Å²) in [5, 5.41) is 0. The molecule has 0 amide bonds. The molecule has 1 fully saturated rings. The number of rotatable bonds is 8. The Bertz CT molecular complexity index is 214. The van der Waals surface area contributed by atoms with Crippen LogP contribution in [0.2, 0.25) is 0 Å². The third-order valence-corrected chi connectivity index (χ3v) is 4.37. The molecule has 1 rings (SSSR count). The van der Waals surface area contributed by atoms with E-state index in [0.29, 0.717) is 5.92 Å². The summed E-state index contributed by atoms with van der Waals surface area (Å²) < 4.78 is 11.5. The predicted molar refractivity (Wildman–Crippen MR) is 74.2 cm³/mol. The number of ether oxygens (including phenoxy) is 2. The number of hydrogen-bond acceptors (Lipinski definition) is 4. The van der Waals surface area contributed by atoms with Crippen molar-refractivity contribution in [3.63, 3.8) is 0 Å². The zero-order chi connectivity index (χ0) is 13.4. The fourth-order valence-electron chi connectivity index (χ4n) is 3.09. The van der Waals surface area contributed by atoms with Gasteiger partial charge in [0.05, 0.1) is 11.6 Å². The van der Waals surface area contributed by atoms with Crippen LogP contribution in [0, 0.1) is 5.92 Å². The highest BCUT2D eigenvalue weighted by molar-refractivity contribution is 4.92. The molecule has 0 bridgehead atoms. The van der Waals surface area contributed by atoms with Crippen molar-refractivity contribution in [3.05, 3.63) is 0 Å². The van der Waals surface area contributed by atoms with Gasteiger partial charge in [-0.1, -0.05) is 13.8 Å². The number of hydrogen-bond donors (Lipinski definition) is 2.